The van der Waals surface area contributed by atoms with Crippen molar-refractivity contribution < 1.29 is 8.78 Å². The quantitative estimate of drug-likeness (QED) is 0.454. The van der Waals surface area contributed by atoms with Crippen LogP contribution in [0, 0.1) is 0 Å². The first-order valence-electron chi connectivity index (χ1n) is 11.6. The fourth-order valence-electron chi connectivity index (χ4n) is 5.05. The predicted molar refractivity (Wildman–Crippen MR) is 130 cm³/mol. The van der Waals surface area contributed by atoms with Gasteiger partial charge < -0.3 is 10.6 Å². The molecule has 5 rings (SSSR count). The van der Waals surface area contributed by atoms with Gasteiger partial charge in [-0.25, -0.2) is 13.6 Å². The van der Waals surface area contributed by atoms with E-state index in [9.17, 15) is 4.79 Å². The molecule has 2 heterocycles. The zero-order valence-electron chi connectivity index (χ0n) is 19.4. The van der Waals surface area contributed by atoms with Gasteiger partial charge in [0, 0.05) is 51.2 Å². The summed E-state index contributed by atoms with van der Waals surface area (Å²) in [7, 11) is 3.45. The highest BCUT2D eigenvalue weighted by Gasteiger charge is 2.44. The molecule has 2 aromatic heterocycles. The number of nitrogens with zero attached hydrogens (tertiary/aromatic N) is 3. The van der Waals surface area contributed by atoms with Crippen molar-refractivity contribution in [3.05, 3.63) is 76.3 Å². The molecule has 34 heavy (non-hydrogen) atoms. The number of nitrogens with one attached hydrogen (secondary N) is 2. The predicted octanol–water partition coefficient (Wildman–Crippen LogP) is 3.86. The van der Waals surface area contributed by atoms with E-state index in [1.165, 1.54) is 0 Å². The third-order valence-electron chi connectivity index (χ3n) is 7.02. The van der Waals surface area contributed by atoms with Crippen LogP contribution in [0.4, 0.5) is 8.78 Å². The first-order valence-corrected chi connectivity index (χ1v) is 11.6. The van der Waals surface area contributed by atoms with Crippen molar-refractivity contribution in [2.45, 2.75) is 50.4 Å². The minimum atomic E-state index is -2.81. The van der Waals surface area contributed by atoms with Gasteiger partial charge in [-0.1, -0.05) is 30.3 Å². The molecule has 0 amide bonds. The summed E-state index contributed by atoms with van der Waals surface area (Å²) in [5.74, 6) is -2.81. The number of alkyl halides is 2. The summed E-state index contributed by atoms with van der Waals surface area (Å²) in [6.45, 7) is 0.849. The molecule has 0 radical (unpaired) electrons. The summed E-state index contributed by atoms with van der Waals surface area (Å²) < 4.78 is 33.2. The van der Waals surface area contributed by atoms with E-state index in [2.05, 4.69) is 15.6 Å². The molecule has 2 atom stereocenters. The first-order chi connectivity index (χ1) is 16.3. The largest absolute Gasteiger partial charge is 0.328 e. The third-order valence-corrected chi connectivity index (χ3v) is 7.02. The van der Waals surface area contributed by atoms with Gasteiger partial charge in [0.2, 0.25) is 0 Å². The summed E-state index contributed by atoms with van der Waals surface area (Å²) in [5.41, 5.74) is 4.34. The van der Waals surface area contributed by atoms with Crippen LogP contribution in [0.2, 0.25) is 0 Å². The number of hydrogen-bond acceptors (Lipinski definition) is 4. The molecule has 178 valence electrons. The number of hydrogen-bond donors (Lipinski definition) is 2. The average Bonchev–Trinajstić information content (AvgIpc) is 3.05. The number of rotatable bonds is 6. The topological polar surface area (TPSA) is 63.9 Å². The molecule has 0 spiro atoms. The Morgan fingerprint density at radius 2 is 1.79 bits per heavy atom. The van der Waals surface area contributed by atoms with Crippen LogP contribution in [-0.4, -0.2) is 32.1 Å². The minimum Gasteiger partial charge on any atom is -0.310 e. The smallest absolute Gasteiger partial charge is 0.310 e. The minimum absolute atomic E-state index is 0.100. The Morgan fingerprint density at radius 1 is 1.00 bits per heavy atom. The second-order valence-electron chi connectivity index (χ2n) is 9.27. The summed E-state index contributed by atoms with van der Waals surface area (Å²) in [6.07, 6.45) is 2.63. The van der Waals surface area contributed by atoms with E-state index in [1.54, 1.807) is 29.4 Å². The Bertz CT molecular complexity index is 1390. The van der Waals surface area contributed by atoms with E-state index in [4.69, 9.17) is 0 Å². The Morgan fingerprint density at radius 3 is 2.62 bits per heavy atom. The van der Waals surface area contributed by atoms with Crippen molar-refractivity contribution >= 4 is 21.9 Å². The molecule has 6 nitrogen and oxygen atoms in total. The fraction of sp³-hybridized carbons (Fsp3) is 0.385. The van der Waals surface area contributed by atoms with E-state index in [0.717, 1.165) is 33.1 Å². The summed E-state index contributed by atoms with van der Waals surface area (Å²) in [6, 6.07) is 14.4. The van der Waals surface area contributed by atoms with Crippen LogP contribution in [-0.2, 0) is 27.2 Å². The van der Waals surface area contributed by atoms with Crippen molar-refractivity contribution in [1.29, 1.82) is 0 Å². The van der Waals surface area contributed by atoms with E-state index >= 15 is 8.78 Å². The van der Waals surface area contributed by atoms with Gasteiger partial charge in [-0.15, -0.1) is 0 Å². The van der Waals surface area contributed by atoms with Crippen LogP contribution in [0.5, 0.6) is 0 Å². The molecule has 1 aliphatic carbocycles. The van der Waals surface area contributed by atoms with Gasteiger partial charge in [-0.3, -0.25) is 14.1 Å². The van der Waals surface area contributed by atoms with E-state index in [0.29, 0.717) is 25.9 Å². The monoisotopic (exact) mass is 465 g/mol. The van der Waals surface area contributed by atoms with E-state index in [-0.39, 0.29) is 18.2 Å². The molecular weight excluding hydrogens is 436 g/mol. The van der Waals surface area contributed by atoms with Gasteiger partial charge in [0.05, 0.1) is 22.6 Å². The molecule has 8 heteroatoms. The summed E-state index contributed by atoms with van der Waals surface area (Å²) >= 11 is 0. The van der Waals surface area contributed by atoms with Gasteiger partial charge in [-0.05, 0) is 42.2 Å². The van der Waals surface area contributed by atoms with Crippen LogP contribution in [0.3, 0.4) is 0 Å². The molecular formula is C26H29F2N5O. The zero-order chi connectivity index (χ0) is 23.9. The van der Waals surface area contributed by atoms with Crippen molar-refractivity contribution in [1.82, 2.24) is 24.8 Å². The van der Waals surface area contributed by atoms with Crippen LogP contribution in [0.15, 0.2) is 59.5 Å². The third kappa shape index (κ3) is 4.23. The van der Waals surface area contributed by atoms with Crippen molar-refractivity contribution in [2.24, 2.45) is 14.1 Å². The molecule has 0 bridgehead atoms. The maximum absolute atomic E-state index is 15.0. The lowest BCUT2D eigenvalue weighted by molar-refractivity contribution is -0.0734. The van der Waals surface area contributed by atoms with Gasteiger partial charge >= 0.3 is 5.69 Å². The zero-order valence-corrected chi connectivity index (χ0v) is 19.4. The lowest BCUT2D eigenvalue weighted by atomic mass is 9.87. The number of para-hydroxylation sites is 1. The molecule has 1 aliphatic rings. The first kappa shape index (κ1) is 22.7. The number of pyridine rings is 1. The molecule has 2 N–H and O–H groups in total. The SMILES string of the molecule is Cn1c(=O)n(C)c2cc(CN[C@@H]3CC[C@@H](NCc4cccc5cccnc45)CC3(F)F)ccc21. The highest BCUT2D eigenvalue weighted by molar-refractivity contribution is 5.81. The number of aryl methyl sites for hydroxylation is 2. The Labute approximate surface area is 196 Å². The molecule has 1 saturated carbocycles. The van der Waals surface area contributed by atoms with Crippen molar-refractivity contribution in [3.63, 3.8) is 0 Å². The highest BCUT2D eigenvalue weighted by atomic mass is 19.3. The van der Waals surface area contributed by atoms with Gasteiger partial charge in [-0.2, -0.15) is 0 Å². The van der Waals surface area contributed by atoms with Crippen LogP contribution in [0.1, 0.15) is 30.4 Å². The average molecular weight is 466 g/mol. The molecule has 4 aromatic rings. The number of halogens is 2. The lowest BCUT2D eigenvalue weighted by Gasteiger charge is -2.37. The fourth-order valence-corrected chi connectivity index (χ4v) is 5.05. The van der Waals surface area contributed by atoms with E-state index < -0.39 is 12.0 Å². The number of imidazole rings is 1. The maximum Gasteiger partial charge on any atom is 0.328 e. The number of aromatic nitrogens is 3. The highest BCUT2D eigenvalue weighted by Crippen LogP contribution is 2.34. The van der Waals surface area contributed by atoms with Crippen LogP contribution >= 0.6 is 0 Å². The van der Waals surface area contributed by atoms with Crippen LogP contribution in [0.25, 0.3) is 21.9 Å². The van der Waals surface area contributed by atoms with Gasteiger partial charge in [0.15, 0.2) is 0 Å². The molecule has 1 fully saturated rings. The molecule has 2 aromatic carbocycles. The number of benzene rings is 2. The molecule has 0 saturated heterocycles. The molecule has 0 aliphatic heterocycles. The Balaban J connectivity index is 1.20. The lowest BCUT2D eigenvalue weighted by Crippen LogP contribution is -2.52. The maximum atomic E-state index is 15.0. The normalized spacial score (nSPS) is 20.2. The Hall–Kier alpha value is -3.10. The summed E-state index contributed by atoms with van der Waals surface area (Å²) in [4.78, 5) is 16.6. The van der Waals surface area contributed by atoms with Crippen molar-refractivity contribution in [3.8, 4) is 0 Å². The van der Waals surface area contributed by atoms with E-state index in [1.807, 2.05) is 48.5 Å². The molecule has 0 unspecified atom stereocenters. The standard InChI is InChI=1S/C26H29F2N5O/c1-32-21-10-8-17(13-22(21)33(2)25(32)34)15-31-23-11-9-20(14-26(23,27)28)30-16-19-6-3-5-18-7-4-12-29-24(18)19/h3-8,10,12-13,20,23,30-31H,9,11,14-16H2,1-2H3/t20-,23-/m1/s1. The van der Waals surface area contributed by atoms with Crippen molar-refractivity contribution in [2.75, 3.05) is 0 Å². The van der Waals surface area contributed by atoms with Crippen LogP contribution < -0.4 is 16.3 Å². The van der Waals surface area contributed by atoms with Gasteiger partial charge in [0.1, 0.15) is 0 Å². The number of fused-ring (bicyclic) bond motifs is 2. The second-order valence-corrected chi connectivity index (χ2v) is 9.27. The Kier molecular flexibility index (Phi) is 5.95. The summed E-state index contributed by atoms with van der Waals surface area (Å²) in [5, 5.41) is 7.45. The van der Waals surface area contributed by atoms with Gasteiger partial charge in [0.25, 0.3) is 5.92 Å². The second kappa shape index (κ2) is 8.92.